The Hall–Kier alpha value is -2.60. The number of carbonyl (C=O) groups is 2. The summed E-state index contributed by atoms with van der Waals surface area (Å²) in [6, 6.07) is 1.08. The van der Waals surface area contributed by atoms with E-state index >= 15 is 0 Å². The molecule has 1 spiro atoms. The van der Waals surface area contributed by atoms with Gasteiger partial charge in [0.2, 0.25) is 5.91 Å². The van der Waals surface area contributed by atoms with Crippen molar-refractivity contribution >= 4 is 17.7 Å². The number of likely N-dealkylation sites (tertiary alicyclic amines) is 1. The number of nitrogens with zero attached hydrogens (tertiary/aromatic N) is 2. The molecule has 13 heteroatoms. The molecule has 1 saturated heterocycles. The molecule has 1 aromatic rings. The minimum atomic E-state index is -5.78. The summed E-state index contributed by atoms with van der Waals surface area (Å²) in [4.78, 5) is 28.5. The third-order valence-electron chi connectivity index (χ3n) is 5.31. The topological polar surface area (TPSA) is 71.5 Å². The van der Waals surface area contributed by atoms with Gasteiger partial charge in [0, 0.05) is 25.1 Å². The monoisotopic (exact) mass is 443 g/mol. The summed E-state index contributed by atoms with van der Waals surface area (Å²) >= 11 is 0. The van der Waals surface area contributed by atoms with Crippen LogP contribution >= 0.6 is 0 Å². The fourth-order valence-electron chi connectivity index (χ4n) is 3.61. The van der Waals surface area contributed by atoms with Crippen LogP contribution in [0.15, 0.2) is 18.5 Å². The van der Waals surface area contributed by atoms with Crippen molar-refractivity contribution < 1.29 is 45.1 Å². The highest BCUT2D eigenvalue weighted by atomic mass is 19.4. The molecule has 166 valence electrons. The Balaban J connectivity index is 1.54. The fraction of sp³-hybridized carbons (Fsp3) is 0.588. The Kier molecular flexibility index (Phi) is 5.58. The van der Waals surface area contributed by atoms with E-state index in [9.17, 15) is 40.3 Å². The smallest absolute Gasteiger partial charge is 0.426 e. The van der Waals surface area contributed by atoms with Crippen LogP contribution in [0, 0.1) is 17.2 Å². The summed E-state index contributed by atoms with van der Waals surface area (Å²) < 4.78 is 92.0. The number of pyridine rings is 1. The van der Waals surface area contributed by atoms with Crippen molar-refractivity contribution in [3.8, 4) is 0 Å². The SMILES string of the molecule is O=C(Nc1cncc(F)c1)[C@H]1CC12CCN(C(=O)OC(C(F)(F)F)C(F)(F)F)CC2. The van der Waals surface area contributed by atoms with Gasteiger partial charge in [0.25, 0.3) is 6.10 Å². The number of rotatable bonds is 3. The molecule has 1 aromatic heterocycles. The first-order chi connectivity index (χ1) is 13.8. The van der Waals surface area contributed by atoms with Crippen LogP contribution in [-0.2, 0) is 9.53 Å². The van der Waals surface area contributed by atoms with Crippen molar-refractivity contribution in [2.75, 3.05) is 18.4 Å². The second-order valence-electron chi connectivity index (χ2n) is 7.33. The van der Waals surface area contributed by atoms with E-state index in [1.165, 1.54) is 6.20 Å². The van der Waals surface area contributed by atoms with Gasteiger partial charge in [-0.05, 0) is 24.7 Å². The largest absolute Gasteiger partial charge is 0.434 e. The first kappa shape index (κ1) is 22.1. The maximum Gasteiger partial charge on any atom is 0.434 e. The zero-order valence-corrected chi connectivity index (χ0v) is 15.2. The predicted molar refractivity (Wildman–Crippen MR) is 86.6 cm³/mol. The average molecular weight is 443 g/mol. The van der Waals surface area contributed by atoms with Crippen LogP contribution in [0.2, 0.25) is 0 Å². The summed E-state index contributed by atoms with van der Waals surface area (Å²) in [6.45, 7) is -0.293. The molecule has 1 aliphatic heterocycles. The summed E-state index contributed by atoms with van der Waals surface area (Å²) in [5, 5.41) is 2.51. The zero-order chi connectivity index (χ0) is 22.3. The lowest BCUT2D eigenvalue weighted by Gasteiger charge is -2.33. The molecule has 1 aliphatic carbocycles. The normalized spacial score (nSPS) is 20.9. The minimum Gasteiger partial charge on any atom is -0.426 e. The Morgan fingerprint density at radius 3 is 2.27 bits per heavy atom. The van der Waals surface area contributed by atoms with Gasteiger partial charge < -0.3 is 15.0 Å². The molecule has 0 radical (unpaired) electrons. The molecule has 1 atom stereocenters. The van der Waals surface area contributed by atoms with Gasteiger partial charge in [-0.15, -0.1) is 0 Å². The van der Waals surface area contributed by atoms with Crippen LogP contribution in [-0.4, -0.2) is 53.4 Å². The summed E-state index contributed by atoms with van der Waals surface area (Å²) in [6.07, 6.45) is -14.4. The third-order valence-corrected chi connectivity index (χ3v) is 5.31. The number of amides is 2. The van der Waals surface area contributed by atoms with Crippen LogP contribution in [0.25, 0.3) is 0 Å². The molecule has 2 amide bonds. The van der Waals surface area contributed by atoms with E-state index in [1.807, 2.05) is 0 Å². The first-order valence-corrected chi connectivity index (χ1v) is 8.82. The number of anilines is 1. The van der Waals surface area contributed by atoms with Crippen LogP contribution < -0.4 is 5.32 Å². The van der Waals surface area contributed by atoms with Crippen LogP contribution in [0.4, 0.5) is 41.2 Å². The zero-order valence-electron chi connectivity index (χ0n) is 15.2. The molecule has 6 nitrogen and oxygen atoms in total. The van der Waals surface area contributed by atoms with Gasteiger partial charge in [-0.3, -0.25) is 9.78 Å². The van der Waals surface area contributed by atoms with E-state index in [0.717, 1.165) is 17.2 Å². The standard InChI is InChI=1S/C17H16F7N3O3/c18-9-5-10(8-25-7-9)26-12(28)11-6-15(11)1-3-27(4-2-15)14(29)30-13(16(19,20)21)17(22,23)24/h5,7-8,11,13H,1-4,6H2,(H,26,28)/t11-/m1/s1. The van der Waals surface area contributed by atoms with Crippen molar-refractivity contribution in [3.05, 3.63) is 24.3 Å². The van der Waals surface area contributed by atoms with Gasteiger partial charge in [0.05, 0.1) is 18.1 Å². The van der Waals surface area contributed by atoms with E-state index in [1.54, 1.807) is 0 Å². The van der Waals surface area contributed by atoms with Gasteiger partial charge in [0.15, 0.2) is 0 Å². The number of nitrogens with one attached hydrogen (secondary N) is 1. The summed E-state index contributed by atoms with van der Waals surface area (Å²) in [5.74, 6) is -1.49. The van der Waals surface area contributed by atoms with Gasteiger partial charge in [-0.25, -0.2) is 9.18 Å². The maximum absolute atomic E-state index is 13.1. The number of alkyl halides is 6. The quantitative estimate of drug-likeness (QED) is 0.720. The second kappa shape index (κ2) is 7.58. The van der Waals surface area contributed by atoms with Gasteiger partial charge in [0.1, 0.15) is 5.82 Å². The Morgan fingerprint density at radius 2 is 1.73 bits per heavy atom. The van der Waals surface area contributed by atoms with E-state index in [0.29, 0.717) is 6.42 Å². The van der Waals surface area contributed by atoms with Gasteiger partial charge >= 0.3 is 18.4 Å². The third kappa shape index (κ3) is 4.75. The van der Waals surface area contributed by atoms with E-state index in [-0.39, 0.29) is 31.6 Å². The Morgan fingerprint density at radius 1 is 1.13 bits per heavy atom. The lowest BCUT2D eigenvalue weighted by atomic mass is 9.91. The number of carbonyl (C=O) groups excluding carboxylic acids is 2. The van der Waals surface area contributed by atoms with Crippen molar-refractivity contribution in [1.82, 2.24) is 9.88 Å². The van der Waals surface area contributed by atoms with Crippen LogP contribution in [0.3, 0.4) is 0 Å². The van der Waals surface area contributed by atoms with Crippen LogP contribution in [0.1, 0.15) is 19.3 Å². The van der Waals surface area contributed by atoms with Crippen molar-refractivity contribution in [2.24, 2.45) is 11.3 Å². The lowest BCUT2D eigenvalue weighted by molar-refractivity contribution is -0.308. The first-order valence-electron chi connectivity index (χ1n) is 8.82. The molecule has 1 saturated carbocycles. The number of hydrogen-bond donors (Lipinski definition) is 1. The van der Waals surface area contributed by atoms with E-state index in [2.05, 4.69) is 15.0 Å². The van der Waals surface area contributed by atoms with E-state index < -0.39 is 47.6 Å². The molecular weight excluding hydrogens is 427 g/mol. The molecule has 0 aromatic carbocycles. The average Bonchev–Trinajstić information content (AvgIpc) is 3.31. The molecule has 3 rings (SSSR count). The highest BCUT2D eigenvalue weighted by molar-refractivity contribution is 5.95. The number of aromatic nitrogens is 1. The number of ether oxygens (including phenoxy) is 1. The highest BCUT2D eigenvalue weighted by Crippen LogP contribution is 2.59. The second-order valence-corrected chi connectivity index (χ2v) is 7.33. The molecule has 30 heavy (non-hydrogen) atoms. The highest BCUT2D eigenvalue weighted by Gasteiger charge is 2.61. The molecular formula is C17H16F7N3O3. The molecule has 2 fully saturated rings. The molecule has 0 unspecified atom stereocenters. The number of hydrogen-bond acceptors (Lipinski definition) is 4. The minimum absolute atomic E-state index is 0.146. The number of piperidine rings is 1. The van der Waals surface area contributed by atoms with Crippen molar-refractivity contribution in [3.63, 3.8) is 0 Å². The number of halogens is 7. The maximum atomic E-state index is 13.1. The van der Waals surface area contributed by atoms with Crippen LogP contribution in [0.5, 0.6) is 0 Å². The van der Waals surface area contributed by atoms with Crippen molar-refractivity contribution in [1.29, 1.82) is 0 Å². The lowest BCUT2D eigenvalue weighted by Crippen LogP contribution is -2.49. The molecule has 2 heterocycles. The van der Waals surface area contributed by atoms with Crippen molar-refractivity contribution in [2.45, 2.75) is 37.7 Å². The Bertz CT molecular complexity index is 806. The summed E-state index contributed by atoms with van der Waals surface area (Å²) in [5.41, 5.74) is -0.344. The fourth-order valence-corrected chi connectivity index (χ4v) is 3.61. The Labute approximate surface area is 165 Å². The van der Waals surface area contributed by atoms with Gasteiger partial charge in [-0.2, -0.15) is 26.3 Å². The molecule has 2 aliphatic rings. The summed E-state index contributed by atoms with van der Waals surface area (Å²) in [7, 11) is 0. The molecule has 0 bridgehead atoms. The predicted octanol–water partition coefficient (Wildman–Crippen LogP) is 3.89. The van der Waals surface area contributed by atoms with E-state index in [4.69, 9.17) is 0 Å². The van der Waals surface area contributed by atoms with Gasteiger partial charge in [-0.1, -0.05) is 0 Å². The molecule has 1 N–H and O–H groups in total.